The number of ether oxygens (including phenoxy) is 1. The monoisotopic (exact) mass is 245 g/mol. The molecule has 2 aromatic rings. The van der Waals surface area contributed by atoms with Gasteiger partial charge in [0.15, 0.2) is 11.5 Å². The Balaban J connectivity index is 2.10. The predicted molar refractivity (Wildman–Crippen MR) is 66.9 cm³/mol. The van der Waals surface area contributed by atoms with Gasteiger partial charge < -0.3 is 4.74 Å². The molecule has 0 amide bonds. The number of carbonyl (C=O) groups excluding carboxylic acids is 1. The molecule has 0 saturated heterocycles. The Kier molecular flexibility index (Phi) is 3.41. The maximum absolute atomic E-state index is 11.1. The van der Waals surface area contributed by atoms with E-state index in [9.17, 15) is 4.79 Å². The molecule has 2 rings (SSSR count). The largest absolute Gasteiger partial charge is 0.436 e. The van der Waals surface area contributed by atoms with Crippen LogP contribution in [0.3, 0.4) is 0 Å². The zero-order chi connectivity index (χ0) is 13.1. The van der Waals surface area contributed by atoms with Crippen molar-refractivity contribution in [2.75, 3.05) is 0 Å². The minimum absolute atomic E-state index is 0.0123. The number of Topliss-reactive ketones (excluding diaryl/α,β-unsaturated/α-hetero) is 1. The molecule has 0 aliphatic carbocycles. The van der Waals surface area contributed by atoms with Crippen LogP contribution < -0.4 is 4.74 Å². The summed E-state index contributed by atoms with van der Waals surface area (Å²) in [5.74, 6) is 1.07. The molecule has 0 aromatic carbocycles. The Labute approximate surface area is 105 Å². The molecule has 2 heterocycles. The summed E-state index contributed by atoms with van der Waals surface area (Å²) in [4.78, 5) is 15.2. The Hall–Kier alpha value is -2.17. The maximum Gasteiger partial charge on any atom is 0.219 e. The predicted octanol–water partition coefficient (Wildman–Crippen LogP) is 2.85. The van der Waals surface area contributed by atoms with Crippen molar-refractivity contribution in [3.05, 3.63) is 36.3 Å². The highest BCUT2D eigenvalue weighted by molar-refractivity contribution is 5.93. The number of rotatable bonds is 4. The van der Waals surface area contributed by atoms with E-state index < -0.39 is 0 Å². The van der Waals surface area contributed by atoms with Crippen molar-refractivity contribution in [2.24, 2.45) is 0 Å². The Morgan fingerprint density at radius 1 is 1.33 bits per heavy atom. The van der Waals surface area contributed by atoms with E-state index in [0.29, 0.717) is 17.2 Å². The fraction of sp³-hybridized carbons (Fsp3) is 0.308. The number of pyridine rings is 1. The van der Waals surface area contributed by atoms with Crippen LogP contribution in [0.15, 0.2) is 30.7 Å². The molecule has 0 radical (unpaired) electrons. The van der Waals surface area contributed by atoms with Gasteiger partial charge in [-0.2, -0.15) is 5.10 Å². The zero-order valence-corrected chi connectivity index (χ0v) is 10.6. The molecule has 0 aliphatic rings. The van der Waals surface area contributed by atoms with Gasteiger partial charge in [0.1, 0.15) is 0 Å². The lowest BCUT2D eigenvalue weighted by Gasteiger charge is -2.04. The molecule has 0 N–H and O–H groups in total. The SMILES string of the molecule is CC(=O)c1ccc(Oc2cnn(C(C)C)c2)nc1. The third kappa shape index (κ3) is 2.74. The van der Waals surface area contributed by atoms with Crippen LogP contribution in [0.4, 0.5) is 0 Å². The number of hydrogen-bond donors (Lipinski definition) is 0. The maximum atomic E-state index is 11.1. The van der Waals surface area contributed by atoms with Gasteiger partial charge >= 0.3 is 0 Å². The van der Waals surface area contributed by atoms with Crippen molar-refractivity contribution < 1.29 is 9.53 Å². The van der Waals surface area contributed by atoms with Crippen LogP contribution in [0.2, 0.25) is 0 Å². The van der Waals surface area contributed by atoms with Crippen molar-refractivity contribution in [3.8, 4) is 11.6 Å². The van der Waals surface area contributed by atoms with Gasteiger partial charge in [-0.15, -0.1) is 0 Å². The van der Waals surface area contributed by atoms with E-state index in [1.54, 1.807) is 23.0 Å². The van der Waals surface area contributed by atoms with E-state index in [-0.39, 0.29) is 11.8 Å². The van der Waals surface area contributed by atoms with Crippen molar-refractivity contribution in [1.29, 1.82) is 0 Å². The highest BCUT2D eigenvalue weighted by atomic mass is 16.5. The van der Waals surface area contributed by atoms with E-state index in [1.165, 1.54) is 13.1 Å². The van der Waals surface area contributed by atoms with E-state index in [4.69, 9.17) is 4.74 Å². The summed E-state index contributed by atoms with van der Waals surface area (Å²) in [6.45, 7) is 5.58. The molecule has 0 spiro atoms. The standard InChI is InChI=1S/C13H15N3O2/c1-9(2)16-8-12(7-15-16)18-13-5-4-11(6-14-13)10(3)17/h4-9H,1-3H3. The number of aromatic nitrogens is 3. The van der Waals surface area contributed by atoms with Crippen molar-refractivity contribution >= 4 is 5.78 Å². The topological polar surface area (TPSA) is 57.0 Å². The van der Waals surface area contributed by atoms with Crippen molar-refractivity contribution in [3.63, 3.8) is 0 Å². The van der Waals surface area contributed by atoms with E-state index in [1.807, 2.05) is 20.0 Å². The first kappa shape index (κ1) is 12.3. The lowest BCUT2D eigenvalue weighted by molar-refractivity contribution is 0.101. The second-order valence-corrected chi connectivity index (χ2v) is 4.29. The van der Waals surface area contributed by atoms with E-state index in [0.717, 1.165) is 0 Å². The molecule has 0 unspecified atom stereocenters. The van der Waals surface area contributed by atoms with Gasteiger partial charge in [0.25, 0.3) is 0 Å². The summed E-state index contributed by atoms with van der Waals surface area (Å²) in [6, 6.07) is 3.65. The van der Waals surface area contributed by atoms with Gasteiger partial charge in [-0.1, -0.05) is 0 Å². The van der Waals surface area contributed by atoms with Crippen LogP contribution in [0.5, 0.6) is 11.6 Å². The molecule has 2 aromatic heterocycles. The van der Waals surface area contributed by atoms with E-state index in [2.05, 4.69) is 10.1 Å². The summed E-state index contributed by atoms with van der Waals surface area (Å²) in [7, 11) is 0. The minimum atomic E-state index is -0.0123. The quantitative estimate of drug-likeness (QED) is 0.777. The fourth-order valence-corrected chi connectivity index (χ4v) is 1.43. The van der Waals surface area contributed by atoms with Crippen LogP contribution in [0.25, 0.3) is 0 Å². The van der Waals surface area contributed by atoms with Crippen molar-refractivity contribution in [1.82, 2.24) is 14.8 Å². The van der Waals surface area contributed by atoms with E-state index >= 15 is 0 Å². The van der Waals surface area contributed by atoms with Gasteiger partial charge in [-0.3, -0.25) is 9.48 Å². The molecular weight excluding hydrogens is 230 g/mol. The van der Waals surface area contributed by atoms with Gasteiger partial charge in [-0.05, 0) is 26.8 Å². The normalized spacial score (nSPS) is 10.7. The molecule has 0 bridgehead atoms. The summed E-state index contributed by atoms with van der Waals surface area (Å²) in [5.41, 5.74) is 0.570. The molecular formula is C13H15N3O2. The molecule has 18 heavy (non-hydrogen) atoms. The first-order valence-electron chi connectivity index (χ1n) is 5.75. The highest BCUT2D eigenvalue weighted by Crippen LogP contribution is 2.19. The van der Waals surface area contributed by atoms with Gasteiger partial charge in [-0.25, -0.2) is 4.98 Å². The first-order chi connectivity index (χ1) is 8.56. The Bertz CT molecular complexity index is 544. The van der Waals surface area contributed by atoms with Crippen LogP contribution in [0.1, 0.15) is 37.2 Å². The number of ketones is 1. The lowest BCUT2D eigenvalue weighted by Crippen LogP contribution is -1.99. The first-order valence-corrected chi connectivity index (χ1v) is 5.75. The number of carbonyl (C=O) groups is 1. The highest BCUT2D eigenvalue weighted by Gasteiger charge is 2.05. The lowest BCUT2D eigenvalue weighted by atomic mass is 10.2. The molecule has 0 fully saturated rings. The van der Waals surface area contributed by atoms with Crippen LogP contribution in [-0.2, 0) is 0 Å². The van der Waals surface area contributed by atoms with Crippen LogP contribution in [-0.4, -0.2) is 20.5 Å². The minimum Gasteiger partial charge on any atom is -0.436 e. The van der Waals surface area contributed by atoms with Gasteiger partial charge in [0, 0.05) is 23.9 Å². The molecule has 0 aliphatic heterocycles. The fourth-order valence-electron chi connectivity index (χ4n) is 1.43. The summed E-state index contributed by atoms with van der Waals surface area (Å²) >= 11 is 0. The van der Waals surface area contributed by atoms with Gasteiger partial charge in [0.2, 0.25) is 5.88 Å². The molecule has 0 saturated carbocycles. The molecule has 5 nitrogen and oxygen atoms in total. The summed E-state index contributed by atoms with van der Waals surface area (Å²) in [5, 5.41) is 4.17. The average Bonchev–Trinajstić information content (AvgIpc) is 2.78. The second kappa shape index (κ2) is 5.00. The van der Waals surface area contributed by atoms with Crippen molar-refractivity contribution in [2.45, 2.75) is 26.8 Å². The van der Waals surface area contributed by atoms with Gasteiger partial charge in [0.05, 0.1) is 12.4 Å². The Morgan fingerprint density at radius 2 is 2.11 bits per heavy atom. The van der Waals surface area contributed by atoms with Crippen LogP contribution >= 0.6 is 0 Å². The number of hydrogen-bond acceptors (Lipinski definition) is 4. The number of nitrogens with zero attached hydrogens (tertiary/aromatic N) is 3. The summed E-state index contributed by atoms with van der Waals surface area (Å²) < 4.78 is 7.34. The summed E-state index contributed by atoms with van der Waals surface area (Å²) in [6.07, 6.45) is 4.95. The molecule has 94 valence electrons. The molecule has 5 heteroatoms. The Morgan fingerprint density at radius 3 is 2.61 bits per heavy atom. The zero-order valence-electron chi connectivity index (χ0n) is 10.6. The third-order valence-corrected chi connectivity index (χ3v) is 2.47. The van der Waals surface area contributed by atoms with Crippen LogP contribution in [0, 0.1) is 0 Å². The third-order valence-electron chi connectivity index (χ3n) is 2.47. The average molecular weight is 245 g/mol. The smallest absolute Gasteiger partial charge is 0.219 e. The second-order valence-electron chi connectivity index (χ2n) is 4.29. The molecule has 0 atom stereocenters.